The third kappa shape index (κ3) is 2.96. The van der Waals surface area contributed by atoms with Gasteiger partial charge in [-0.15, -0.1) is 11.3 Å². The molecule has 0 saturated heterocycles. The summed E-state index contributed by atoms with van der Waals surface area (Å²) in [5.41, 5.74) is 0.738. The van der Waals surface area contributed by atoms with E-state index in [0.29, 0.717) is 13.0 Å². The highest BCUT2D eigenvalue weighted by molar-refractivity contribution is 7.10. The number of carboxylic acid groups (broad SMARTS) is 1. The molecule has 6 heteroatoms. The maximum Gasteiger partial charge on any atom is 0.331 e. The molecule has 104 valence electrons. The molecule has 1 atom stereocenters. The summed E-state index contributed by atoms with van der Waals surface area (Å²) in [6.45, 7) is 4.05. The van der Waals surface area contributed by atoms with E-state index >= 15 is 0 Å². The lowest BCUT2D eigenvalue weighted by Crippen LogP contribution is -2.44. The Labute approximate surface area is 115 Å². The first kappa shape index (κ1) is 14.0. The molecule has 1 aromatic heterocycles. The minimum absolute atomic E-state index is 0.0475. The van der Waals surface area contributed by atoms with Crippen molar-refractivity contribution in [2.24, 2.45) is 0 Å². The van der Waals surface area contributed by atoms with Crippen molar-refractivity contribution in [2.75, 3.05) is 13.2 Å². The fourth-order valence-electron chi connectivity index (χ4n) is 2.17. The Hall–Kier alpha value is -1.40. The van der Waals surface area contributed by atoms with Gasteiger partial charge < -0.3 is 14.7 Å². The Morgan fingerprint density at radius 3 is 2.95 bits per heavy atom. The molecule has 0 saturated carbocycles. The van der Waals surface area contributed by atoms with Crippen LogP contribution in [0.3, 0.4) is 0 Å². The SMILES string of the molecule is CC(C)OCC(=O)N1CCc2sccc2C1C(=O)O. The number of carbonyl (C=O) groups excluding carboxylic acids is 1. The zero-order valence-electron chi connectivity index (χ0n) is 11.0. The van der Waals surface area contributed by atoms with Crippen LogP contribution in [-0.2, 0) is 20.7 Å². The van der Waals surface area contributed by atoms with E-state index in [1.807, 2.05) is 19.2 Å². The molecule has 1 unspecified atom stereocenters. The van der Waals surface area contributed by atoms with E-state index in [-0.39, 0.29) is 18.6 Å². The smallest absolute Gasteiger partial charge is 0.331 e. The summed E-state index contributed by atoms with van der Waals surface area (Å²) in [5.74, 6) is -1.25. The average Bonchev–Trinajstić information content (AvgIpc) is 2.82. The lowest BCUT2D eigenvalue weighted by Gasteiger charge is -2.33. The highest BCUT2D eigenvalue weighted by Crippen LogP contribution is 2.33. The first-order valence-electron chi connectivity index (χ1n) is 6.21. The van der Waals surface area contributed by atoms with E-state index in [0.717, 1.165) is 10.4 Å². The van der Waals surface area contributed by atoms with Crippen molar-refractivity contribution in [2.45, 2.75) is 32.4 Å². The van der Waals surface area contributed by atoms with Crippen molar-refractivity contribution in [1.82, 2.24) is 4.90 Å². The lowest BCUT2D eigenvalue weighted by atomic mass is 10.00. The summed E-state index contributed by atoms with van der Waals surface area (Å²) >= 11 is 1.55. The van der Waals surface area contributed by atoms with Crippen molar-refractivity contribution >= 4 is 23.2 Å². The highest BCUT2D eigenvalue weighted by Gasteiger charge is 2.36. The van der Waals surface area contributed by atoms with Gasteiger partial charge in [-0.3, -0.25) is 4.79 Å². The third-order valence-corrected chi connectivity index (χ3v) is 4.06. The first-order valence-corrected chi connectivity index (χ1v) is 7.08. The number of ether oxygens (including phenoxy) is 1. The maximum absolute atomic E-state index is 12.1. The second-order valence-corrected chi connectivity index (χ2v) is 5.74. The Kier molecular flexibility index (Phi) is 4.21. The monoisotopic (exact) mass is 283 g/mol. The Morgan fingerprint density at radius 2 is 2.32 bits per heavy atom. The van der Waals surface area contributed by atoms with Crippen molar-refractivity contribution < 1.29 is 19.4 Å². The fraction of sp³-hybridized carbons (Fsp3) is 0.538. The normalized spacial score (nSPS) is 18.5. The number of rotatable bonds is 4. The summed E-state index contributed by atoms with van der Waals surface area (Å²) in [6, 6.07) is 0.917. The number of hydrogen-bond acceptors (Lipinski definition) is 4. The Balaban J connectivity index is 2.17. The largest absolute Gasteiger partial charge is 0.479 e. The van der Waals surface area contributed by atoms with Crippen LogP contribution in [0, 0.1) is 0 Å². The van der Waals surface area contributed by atoms with Gasteiger partial charge in [0.1, 0.15) is 6.61 Å². The molecule has 0 spiro atoms. The maximum atomic E-state index is 12.1. The third-order valence-electron chi connectivity index (χ3n) is 3.06. The van der Waals surface area contributed by atoms with Gasteiger partial charge in [0.25, 0.3) is 0 Å². The van der Waals surface area contributed by atoms with Gasteiger partial charge in [0.15, 0.2) is 6.04 Å². The van der Waals surface area contributed by atoms with Crippen LogP contribution in [0.1, 0.15) is 30.3 Å². The van der Waals surface area contributed by atoms with Gasteiger partial charge in [-0.25, -0.2) is 4.79 Å². The van der Waals surface area contributed by atoms with Crippen molar-refractivity contribution in [3.63, 3.8) is 0 Å². The molecule has 0 aliphatic carbocycles. The number of thiophene rings is 1. The first-order chi connectivity index (χ1) is 9.00. The van der Waals surface area contributed by atoms with E-state index in [1.54, 1.807) is 17.4 Å². The van der Waals surface area contributed by atoms with Gasteiger partial charge in [0.2, 0.25) is 5.91 Å². The number of fused-ring (bicyclic) bond motifs is 1. The molecular weight excluding hydrogens is 266 g/mol. The van der Waals surface area contributed by atoms with Crippen molar-refractivity contribution in [3.05, 3.63) is 21.9 Å². The molecule has 0 aromatic carbocycles. The van der Waals surface area contributed by atoms with Crippen LogP contribution < -0.4 is 0 Å². The summed E-state index contributed by atoms with van der Waals surface area (Å²) in [4.78, 5) is 26.0. The molecule has 1 N–H and O–H groups in total. The minimum atomic E-state index is -0.989. The average molecular weight is 283 g/mol. The fourth-order valence-corrected chi connectivity index (χ4v) is 3.08. The van der Waals surface area contributed by atoms with Gasteiger partial charge in [0, 0.05) is 11.4 Å². The molecule has 5 nitrogen and oxygen atoms in total. The van der Waals surface area contributed by atoms with Crippen LogP contribution >= 0.6 is 11.3 Å². The van der Waals surface area contributed by atoms with E-state index in [9.17, 15) is 14.7 Å². The molecule has 0 radical (unpaired) electrons. The molecule has 2 heterocycles. The van der Waals surface area contributed by atoms with E-state index < -0.39 is 12.0 Å². The topological polar surface area (TPSA) is 66.8 Å². The summed E-state index contributed by atoms with van der Waals surface area (Å²) in [6.07, 6.45) is 0.665. The number of carbonyl (C=O) groups is 2. The van der Waals surface area contributed by atoms with Gasteiger partial charge in [-0.2, -0.15) is 0 Å². The van der Waals surface area contributed by atoms with Crippen LogP contribution in [0.25, 0.3) is 0 Å². The molecule has 19 heavy (non-hydrogen) atoms. The van der Waals surface area contributed by atoms with Crippen LogP contribution in [0.15, 0.2) is 11.4 Å². The molecule has 1 amide bonds. The van der Waals surface area contributed by atoms with E-state index in [4.69, 9.17) is 4.74 Å². The summed E-state index contributed by atoms with van der Waals surface area (Å²) in [7, 11) is 0. The molecule has 1 aliphatic rings. The van der Waals surface area contributed by atoms with Gasteiger partial charge in [0.05, 0.1) is 6.10 Å². The van der Waals surface area contributed by atoms with Crippen LogP contribution in [0.2, 0.25) is 0 Å². The van der Waals surface area contributed by atoms with Crippen molar-refractivity contribution in [1.29, 1.82) is 0 Å². The molecule has 0 fully saturated rings. The summed E-state index contributed by atoms with van der Waals surface area (Å²) in [5, 5.41) is 11.2. The number of amides is 1. The number of aliphatic carboxylic acids is 1. The predicted octanol–water partition coefficient (Wildman–Crippen LogP) is 1.68. The molecular formula is C13H17NO4S. The number of hydrogen-bond donors (Lipinski definition) is 1. The lowest BCUT2D eigenvalue weighted by molar-refractivity contribution is -0.153. The van der Waals surface area contributed by atoms with Crippen molar-refractivity contribution in [3.8, 4) is 0 Å². The number of carboxylic acids is 1. The zero-order valence-corrected chi connectivity index (χ0v) is 11.8. The minimum Gasteiger partial charge on any atom is -0.479 e. The molecule has 2 rings (SSSR count). The van der Waals surface area contributed by atoms with Gasteiger partial charge in [-0.05, 0) is 37.3 Å². The zero-order chi connectivity index (χ0) is 14.0. The number of nitrogens with zero attached hydrogens (tertiary/aromatic N) is 1. The quantitative estimate of drug-likeness (QED) is 0.913. The molecule has 1 aliphatic heterocycles. The highest BCUT2D eigenvalue weighted by atomic mass is 32.1. The standard InChI is InChI=1S/C13H17NO4S/c1-8(2)18-7-11(15)14-5-3-10-9(4-6-19-10)12(14)13(16)17/h4,6,8,12H,3,5,7H2,1-2H3,(H,16,17). The molecule has 0 bridgehead atoms. The van der Waals surface area contributed by atoms with Crippen LogP contribution in [0.4, 0.5) is 0 Å². The van der Waals surface area contributed by atoms with Gasteiger partial charge in [-0.1, -0.05) is 0 Å². The second-order valence-electron chi connectivity index (χ2n) is 4.74. The summed E-state index contributed by atoms with van der Waals surface area (Å²) < 4.78 is 5.27. The predicted molar refractivity (Wildman–Crippen MR) is 71.2 cm³/mol. The van der Waals surface area contributed by atoms with Crippen LogP contribution in [0.5, 0.6) is 0 Å². The van der Waals surface area contributed by atoms with Gasteiger partial charge >= 0.3 is 5.97 Å². The Morgan fingerprint density at radius 1 is 1.58 bits per heavy atom. The second kappa shape index (κ2) is 5.71. The van der Waals surface area contributed by atoms with E-state index in [2.05, 4.69) is 0 Å². The van der Waals surface area contributed by atoms with Crippen LogP contribution in [-0.4, -0.2) is 41.1 Å². The Bertz CT molecular complexity index is 483. The molecule has 1 aromatic rings. The van der Waals surface area contributed by atoms with E-state index in [1.165, 1.54) is 4.90 Å².